The lowest BCUT2D eigenvalue weighted by Crippen LogP contribution is -2.22. The summed E-state index contributed by atoms with van der Waals surface area (Å²) in [5.41, 5.74) is 3.76. The van der Waals surface area contributed by atoms with Crippen LogP contribution in [0.5, 0.6) is 17.2 Å². The lowest BCUT2D eigenvalue weighted by molar-refractivity contribution is 0.208. The summed E-state index contributed by atoms with van der Waals surface area (Å²) in [4.78, 5) is 18.4. The van der Waals surface area contributed by atoms with Gasteiger partial charge in [0, 0.05) is 0 Å². The highest BCUT2D eigenvalue weighted by atomic mass is 32.1. The van der Waals surface area contributed by atoms with Gasteiger partial charge in [0.15, 0.2) is 16.5 Å². The van der Waals surface area contributed by atoms with Gasteiger partial charge in [-0.3, -0.25) is 4.79 Å². The molecule has 0 N–H and O–H groups in total. The van der Waals surface area contributed by atoms with Gasteiger partial charge in [0.2, 0.25) is 0 Å². The van der Waals surface area contributed by atoms with Crippen LogP contribution in [0.25, 0.3) is 22.1 Å². The number of nitrogens with zero attached hydrogens (tertiary/aromatic N) is 2. The van der Waals surface area contributed by atoms with Gasteiger partial charge in [-0.2, -0.15) is 0 Å². The molecule has 0 amide bonds. The number of benzene rings is 3. The Balaban J connectivity index is 1.29. The lowest BCUT2D eigenvalue weighted by atomic mass is 9.99. The van der Waals surface area contributed by atoms with E-state index in [-0.39, 0.29) is 5.56 Å². The van der Waals surface area contributed by atoms with Crippen LogP contribution >= 0.6 is 11.3 Å². The third-order valence-electron chi connectivity index (χ3n) is 6.38. The van der Waals surface area contributed by atoms with Crippen LogP contribution in [0.1, 0.15) is 44.2 Å². The van der Waals surface area contributed by atoms with E-state index in [0.29, 0.717) is 46.7 Å². The van der Waals surface area contributed by atoms with E-state index < -0.39 is 0 Å². The summed E-state index contributed by atoms with van der Waals surface area (Å²) in [7, 11) is 0. The summed E-state index contributed by atoms with van der Waals surface area (Å²) in [6.07, 6.45) is 2.98. The average Bonchev–Trinajstić information content (AvgIpc) is 3.43. The molecule has 1 unspecified atom stereocenters. The Morgan fingerprint density at radius 1 is 0.946 bits per heavy atom. The molecule has 0 radical (unpaired) electrons. The Hall–Kier alpha value is -3.84. The molecule has 2 heterocycles. The quantitative estimate of drug-likeness (QED) is 0.220. The molecule has 0 saturated carbocycles. The third kappa shape index (κ3) is 5.32. The first kappa shape index (κ1) is 24.8. The Morgan fingerprint density at radius 2 is 1.73 bits per heavy atom. The van der Waals surface area contributed by atoms with Crippen LogP contribution in [0, 0.1) is 0 Å². The van der Waals surface area contributed by atoms with Crippen molar-refractivity contribution in [3.63, 3.8) is 0 Å². The molecule has 0 spiro atoms. The summed E-state index contributed by atoms with van der Waals surface area (Å²) in [5.74, 6) is 2.65. The fraction of sp³-hybridized carbons (Fsp3) is 0.267. The van der Waals surface area contributed by atoms with Crippen molar-refractivity contribution in [2.45, 2.75) is 33.1 Å². The molecule has 3 aromatic carbocycles. The molecule has 190 valence electrons. The van der Waals surface area contributed by atoms with Gasteiger partial charge in [-0.15, -0.1) is 0 Å². The molecule has 37 heavy (non-hydrogen) atoms. The topological polar surface area (TPSA) is 62.1 Å². The molecule has 0 aliphatic heterocycles. The molecular formula is C30H30N2O4S. The van der Waals surface area contributed by atoms with Crippen molar-refractivity contribution in [1.29, 1.82) is 0 Å². The van der Waals surface area contributed by atoms with Gasteiger partial charge in [0.05, 0.1) is 22.2 Å². The van der Waals surface area contributed by atoms with E-state index in [1.165, 1.54) is 16.9 Å². The third-order valence-corrected chi connectivity index (χ3v) is 7.35. The van der Waals surface area contributed by atoms with Crippen molar-refractivity contribution in [1.82, 2.24) is 9.38 Å². The minimum Gasteiger partial charge on any atom is -0.490 e. The summed E-state index contributed by atoms with van der Waals surface area (Å²) in [6.45, 7) is 7.66. The number of thiazole rings is 1. The second-order valence-electron chi connectivity index (χ2n) is 8.85. The number of fused-ring (bicyclic) bond motifs is 3. The highest BCUT2D eigenvalue weighted by Gasteiger charge is 2.12. The molecule has 0 bridgehead atoms. The molecule has 1 atom stereocenters. The number of aromatic nitrogens is 2. The first-order valence-corrected chi connectivity index (χ1v) is 13.4. The van der Waals surface area contributed by atoms with Crippen molar-refractivity contribution < 1.29 is 14.2 Å². The van der Waals surface area contributed by atoms with E-state index in [2.05, 4.69) is 31.0 Å². The second-order valence-corrected chi connectivity index (χ2v) is 9.86. The number of rotatable bonds is 10. The van der Waals surface area contributed by atoms with Gasteiger partial charge < -0.3 is 14.2 Å². The monoisotopic (exact) mass is 514 g/mol. The standard InChI is InChI=1S/C30H30N2O4S/c1-4-20(3)22-11-13-23(14-12-22)35-16-17-36-26-15-10-21(18-27(26)34-5-2)19-28-29(33)32-25-9-7-6-8-24(25)31-30(32)37-28/h6-15,18-20H,4-5,16-17H2,1-3H3/b28-19-. The Labute approximate surface area is 219 Å². The van der Waals surface area contributed by atoms with E-state index in [1.807, 2.05) is 67.6 Å². The molecule has 6 nitrogen and oxygen atoms in total. The molecular weight excluding hydrogens is 484 g/mol. The Bertz CT molecular complexity index is 1620. The van der Waals surface area contributed by atoms with Crippen LogP contribution in [0.2, 0.25) is 0 Å². The summed E-state index contributed by atoms with van der Waals surface area (Å²) in [6, 6.07) is 21.6. The predicted molar refractivity (Wildman–Crippen MR) is 149 cm³/mol. The van der Waals surface area contributed by atoms with Gasteiger partial charge >= 0.3 is 0 Å². The average molecular weight is 515 g/mol. The number of ether oxygens (including phenoxy) is 3. The minimum absolute atomic E-state index is 0.0682. The van der Waals surface area contributed by atoms with Gasteiger partial charge in [-0.05, 0) is 72.9 Å². The van der Waals surface area contributed by atoms with Crippen LogP contribution in [-0.2, 0) is 0 Å². The molecule has 0 aliphatic carbocycles. The largest absolute Gasteiger partial charge is 0.490 e. The molecule has 0 saturated heterocycles. The second kappa shape index (κ2) is 11.0. The molecule has 0 fully saturated rings. The summed E-state index contributed by atoms with van der Waals surface area (Å²) < 4.78 is 19.9. The molecule has 2 aromatic heterocycles. The van der Waals surface area contributed by atoms with Crippen LogP contribution in [0.15, 0.2) is 71.5 Å². The van der Waals surface area contributed by atoms with E-state index in [9.17, 15) is 4.79 Å². The number of hydrogen-bond acceptors (Lipinski definition) is 6. The first-order valence-electron chi connectivity index (χ1n) is 12.6. The lowest BCUT2D eigenvalue weighted by Gasteiger charge is -2.14. The van der Waals surface area contributed by atoms with Gasteiger partial charge in [0.25, 0.3) is 5.56 Å². The maximum absolute atomic E-state index is 13.1. The van der Waals surface area contributed by atoms with Crippen LogP contribution in [0.3, 0.4) is 0 Å². The highest BCUT2D eigenvalue weighted by Crippen LogP contribution is 2.29. The van der Waals surface area contributed by atoms with Crippen molar-refractivity contribution in [2.75, 3.05) is 19.8 Å². The number of imidazole rings is 1. The molecule has 5 aromatic rings. The maximum Gasteiger partial charge on any atom is 0.274 e. The predicted octanol–water partition coefficient (Wildman–Crippen LogP) is 5.83. The van der Waals surface area contributed by atoms with Gasteiger partial charge in [0.1, 0.15) is 19.0 Å². The van der Waals surface area contributed by atoms with E-state index in [4.69, 9.17) is 14.2 Å². The van der Waals surface area contributed by atoms with Crippen LogP contribution in [-0.4, -0.2) is 29.2 Å². The Morgan fingerprint density at radius 3 is 2.51 bits per heavy atom. The van der Waals surface area contributed by atoms with Crippen molar-refractivity contribution in [2.24, 2.45) is 0 Å². The van der Waals surface area contributed by atoms with Crippen LogP contribution in [0.4, 0.5) is 0 Å². The molecule has 0 aliphatic rings. The first-order chi connectivity index (χ1) is 18.1. The molecule has 5 rings (SSSR count). The normalized spacial score (nSPS) is 12.8. The zero-order valence-corrected chi connectivity index (χ0v) is 22.1. The Kier molecular flexibility index (Phi) is 7.42. The minimum atomic E-state index is -0.0682. The van der Waals surface area contributed by atoms with Crippen molar-refractivity contribution in [3.05, 3.63) is 92.7 Å². The smallest absolute Gasteiger partial charge is 0.274 e. The highest BCUT2D eigenvalue weighted by molar-refractivity contribution is 7.15. The summed E-state index contributed by atoms with van der Waals surface area (Å²) >= 11 is 1.38. The van der Waals surface area contributed by atoms with E-state index in [1.54, 1.807) is 4.40 Å². The number of hydrogen-bond donors (Lipinski definition) is 0. The van der Waals surface area contributed by atoms with Crippen molar-refractivity contribution >= 4 is 33.4 Å². The zero-order valence-electron chi connectivity index (χ0n) is 21.3. The number of para-hydroxylation sites is 2. The molecule has 7 heteroatoms. The summed E-state index contributed by atoms with van der Waals surface area (Å²) in [5, 5.41) is 0. The fourth-order valence-corrected chi connectivity index (χ4v) is 5.19. The maximum atomic E-state index is 13.1. The SMILES string of the molecule is CCOc1cc(/C=c2\sc3nc4ccccc4n3c2=O)ccc1OCCOc1ccc(C(C)CC)cc1. The van der Waals surface area contributed by atoms with Crippen molar-refractivity contribution in [3.8, 4) is 17.2 Å². The van der Waals surface area contributed by atoms with Crippen LogP contribution < -0.4 is 24.3 Å². The zero-order chi connectivity index (χ0) is 25.8. The van der Waals surface area contributed by atoms with E-state index >= 15 is 0 Å². The van der Waals surface area contributed by atoms with Gasteiger partial charge in [-0.1, -0.05) is 55.5 Å². The van der Waals surface area contributed by atoms with Gasteiger partial charge in [-0.25, -0.2) is 9.38 Å². The fourth-order valence-electron chi connectivity index (χ4n) is 4.20. The van der Waals surface area contributed by atoms with E-state index in [0.717, 1.165) is 28.8 Å².